The number of para-hydroxylation sites is 2. The second-order valence-corrected chi connectivity index (χ2v) is 6.90. The lowest BCUT2D eigenvalue weighted by Crippen LogP contribution is -2.18. The standard InChI is InChI=1S/C22H34O4/c1-4-6-8-9-10-11-14-18(3)22(24)26-20-16-13-12-15-19(20)25-21(23)17-7-5-2/h12-13,15-16,18H,4-11,14,17H2,1-3H3. The van der Waals surface area contributed by atoms with E-state index in [4.69, 9.17) is 9.47 Å². The van der Waals surface area contributed by atoms with Crippen molar-refractivity contribution in [2.75, 3.05) is 0 Å². The van der Waals surface area contributed by atoms with E-state index in [-0.39, 0.29) is 17.9 Å². The summed E-state index contributed by atoms with van der Waals surface area (Å²) in [4.78, 5) is 24.2. The van der Waals surface area contributed by atoms with Crippen LogP contribution in [0.3, 0.4) is 0 Å². The summed E-state index contributed by atoms with van der Waals surface area (Å²) in [5.74, 6) is -0.0954. The van der Waals surface area contributed by atoms with Gasteiger partial charge in [0, 0.05) is 6.42 Å². The Hall–Kier alpha value is -1.84. The zero-order valence-electron chi connectivity index (χ0n) is 16.6. The lowest BCUT2D eigenvalue weighted by Gasteiger charge is -2.13. The fourth-order valence-corrected chi connectivity index (χ4v) is 2.67. The zero-order valence-corrected chi connectivity index (χ0v) is 16.6. The number of hydrogen-bond donors (Lipinski definition) is 0. The van der Waals surface area contributed by atoms with E-state index in [1.54, 1.807) is 24.3 Å². The molecule has 0 saturated carbocycles. The minimum atomic E-state index is -0.296. The fraction of sp³-hybridized carbons (Fsp3) is 0.636. The molecule has 0 aliphatic heterocycles. The molecule has 0 N–H and O–H groups in total. The van der Waals surface area contributed by atoms with Crippen LogP contribution in [0.1, 0.15) is 85.0 Å². The van der Waals surface area contributed by atoms with Crippen LogP contribution in [0.5, 0.6) is 11.5 Å². The molecule has 0 aliphatic rings. The van der Waals surface area contributed by atoms with Crippen molar-refractivity contribution in [3.05, 3.63) is 24.3 Å². The predicted molar refractivity (Wildman–Crippen MR) is 104 cm³/mol. The van der Waals surface area contributed by atoms with E-state index >= 15 is 0 Å². The van der Waals surface area contributed by atoms with Gasteiger partial charge in [0.2, 0.25) is 0 Å². The van der Waals surface area contributed by atoms with E-state index in [9.17, 15) is 9.59 Å². The van der Waals surface area contributed by atoms with Crippen molar-refractivity contribution in [3.8, 4) is 11.5 Å². The summed E-state index contributed by atoms with van der Waals surface area (Å²) in [6.45, 7) is 6.12. The van der Waals surface area contributed by atoms with Gasteiger partial charge < -0.3 is 9.47 Å². The van der Waals surface area contributed by atoms with Crippen LogP contribution in [0.4, 0.5) is 0 Å². The predicted octanol–water partition coefficient (Wildman–Crippen LogP) is 6.07. The van der Waals surface area contributed by atoms with Gasteiger partial charge in [-0.3, -0.25) is 9.59 Å². The van der Waals surface area contributed by atoms with Crippen molar-refractivity contribution in [3.63, 3.8) is 0 Å². The van der Waals surface area contributed by atoms with Gasteiger partial charge in [0.1, 0.15) is 0 Å². The number of unbranched alkanes of at least 4 members (excludes halogenated alkanes) is 6. The van der Waals surface area contributed by atoms with Crippen molar-refractivity contribution < 1.29 is 19.1 Å². The average Bonchev–Trinajstić information content (AvgIpc) is 2.64. The van der Waals surface area contributed by atoms with Gasteiger partial charge in [-0.2, -0.15) is 0 Å². The summed E-state index contributed by atoms with van der Waals surface area (Å²) in [6.07, 6.45) is 10.1. The molecule has 1 unspecified atom stereocenters. The number of esters is 2. The van der Waals surface area contributed by atoms with Crippen LogP contribution in [0.2, 0.25) is 0 Å². The van der Waals surface area contributed by atoms with Crippen LogP contribution in [0.15, 0.2) is 24.3 Å². The molecule has 1 aromatic rings. The Balaban J connectivity index is 2.46. The maximum absolute atomic E-state index is 12.3. The first-order chi connectivity index (χ1) is 12.6. The highest BCUT2D eigenvalue weighted by molar-refractivity contribution is 5.77. The van der Waals surface area contributed by atoms with E-state index in [0.29, 0.717) is 17.9 Å². The third-order valence-corrected chi connectivity index (χ3v) is 4.41. The first-order valence-electron chi connectivity index (χ1n) is 10.1. The Kier molecular flexibility index (Phi) is 11.4. The van der Waals surface area contributed by atoms with Gasteiger partial charge in [-0.05, 0) is 25.0 Å². The van der Waals surface area contributed by atoms with Gasteiger partial charge in [-0.15, -0.1) is 0 Å². The van der Waals surface area contributed by atoms with Gasteiger partial charge in [-0.1, -0.05) is 77.8 Å². The summed E-state index contributed by atoms with van der Waals surface area (Å²) in [6, 6.07) is 6.85. The number of rotatable bonds is 13. The third kappa shape index (κ3) is 9.02. The highest BCUT2D eigenvalue weighted by atomic mass is 16.6. The Morgan fingerprint density at radius 3 is 2.08 bits per heavy atom. The van der Waals surface area contributed by atoms with Gasteiger partial charge >= 0.3 is 11.9 Å². The highest BCUT2D eigenvalue weighted by Crippen LogP contribution is 2.28. The summed E-state index contributed by atoms with van der Waals surface area (Å²) < 4.78 is 10.8. The van der Waals surface area contributed by atoms with Crippen LogP contribution >= 0.6 is 0 Å². The molecule has 4 nitrogen and oxygen atoms in total. The highest BCUT2D eigenvalue weighted by Gasteiger charge is 2.18. The Morgan fingerprint density at radius 2 is 1.42 bits per heavy atom. The van der Waals surface area contributed by atoms with Gasteiger partial charge in [0.05, 0.1) is 5.92 Å². The van der Waals surface area contributed by atoms with Gasteiger partial charge in [0.25, 0.3) is 0 Å². The minimum absolute atomic E-state index is 0.162. The number of hydrogen-bond acceptors (Lipinski definition) is 4. The van der Waals surface area contributed by atoms with Crippen LogP contribution in [-0.2, 0) is 9.59 Å². The lowest BCUT2D eigenvalue weighted by atomic mass is 10.0. The van der Waals surface area contributed by atoms with E-state index in [1.165, 1.54) is 25.7 Å². The largest absolute Gasteiger partial charge is 0.423 e. The van der Waals surface area contributed by atoms with Crippen LogP contribution in [0.25, 0.3) is 0 Å². The number of benzene rings is 1. The molecule has 0 saturated heterocycles. The molecule has 0 bridgehead atoms. The first-order valence-corrected chi connectivity index (χ1v) is 10.1. The number of ether oxygens (including phenoxy) is 2. The molecule has 0 aliphatic carbocycles. The van der Waals surface area contributed by atoms with E-state index in [0.717, 1.165) is 32.1 Å². The van der Waals surface area contributed by atoms with Crippen LogP contribution in [-0.4, -0.2) is 11.9 Å². The molecular formula is C22H34O4. The fourth-order valence-electron chi connectivity index (χ4n) is 2.67. The van der Waals surface area contributed by atoms with Crippen LogP contribution < -0.4 is 9.47 Å². The second kappa shape index (κ2) is 13.4. The maximum Gasteiger partial charge on any atom is 0.314 e. The van der Waals surface area contributed by atoms with Crippen molar-refractivity contribution in [1.82, 2.24) is 0 Å². The normalized spacial score (nSPS) is 11.8. The number of carbonyl (C=O) groups excluding carboxylic acids is 2. The molecule has 1 aromatic carbocycles. The molecule has 0 fully saturated rings. The molecule has 0 radical (unpaired) electrons. The molecule has 146 valence electrons. The summed E-state index contributed by atoms with van der Waals surface area (Å²) in [7, 11) is 0. The van der Waals surface area contributed by atoms with Crippen LogP contribution in [0, 0.1) is 5.92 Å². The Morgan fingerprint density at radius 1 is 0.846 bits per heavy atom. The average molecular weight is 363 g/mol. The SMILES string of the molecule is CCCCCCCCC(C)C(=O)Oc1ccccc1OC(=O)CCCC. The molecule has 1 atom stereocenters. The maximum atomic E-state index is 12.3. The van der Waals surface area contributed by atoms with Gasteiger partial charge in [0.15, 0.2) is 11.5 Å². The molecule has 0 aromatic heterocycles. The lowest BCUT2D eigenvalue weighted by molar-refractivity contribution is -0.140. The summed E-state index contributed by atoms with van der Waals surface area (Å²) >= 11 is 0. The summed E-state index contributed by atoms with van der Waals surface area (Å²) in [5, 5.41) is 0. The van der Waals surface area contributed by atoms with Crippen molar-refractivity contribution >= 4 is 11.9 Å². The molecule has 0 amide bonds. The smallest absolute Gasteiger partial charge is 0.314 e. The minimum Gasteiger partial charge on any atom is -0.423 e. The van der Waals surface area contributed by atoms with Gasteiger partial charge in [-0.25, -0.2) is 0 Å². The van der Waals surface area contributed by atoms with Crippen molar-refractivity contribution in [1.29, 1.82) is 0 Å². The molecule has 1 rings (SSSR count). The molecule has 4 heteroatoms. The molecule has 0 heterocycles. The topological polar surface area (TPSA) is 52.6 Å². The van der Waals surface area contributed by atoms with E-state index in [1.807, 2.05) is 13.8 Å². The second-order valence-electron chi connectivity index (χ2n) is 6.90. The summed E-state index contributed by atoms with van der Waals surface area (Å²) in [5.41, 5.74) is 0. The van der Waals surface area contributed by atoms with E-state index < -0.39 is 0 Å². The molecule has 26 heavy (non-hydrogen) atoms. The molecule has 0 spiro atoms. The monoisotopic (exact) mass is 362 g/mol. The first kappa shape index (κ1) is 22.2. The van der Waals surface area contributed by atoms with Crippen molar-refractivity contribution in [2.24, 2.45) is 5.92 Å². The van der Waals surface area contributed by atoms with Crippen molar-refractivity contribution in [2.45, 2.75) is 85.0 Å². The Labute approximate surface area is 158 Å². The van der Waals surface area contributed by atoms with E-state index in [2.05, 4.69) is 6.92 Å². The number of carbonyl (C=O) groups is 2. The molecular weight excluding hydrogens is 328 g/mol. The third-order valence-electron chi connectivity index (χ3n) is 4.41. The Bertz CT molecular complexity index is 539. The quantitative estimate of drug-likeness (QED) is 0.243. The zero-order chi connectivity index (χ0) is 19.2.